The zero-order valence-corrected chi connectivity index (χ0v) is 15.6. The Kier molecular flexibility index (Phi) is 5.97. The van der Waals surface area contributed by atoms with Crippen LogP contribution in [0, 0.1) is 27.7 Å². The van der Waals surface area contributed by atoms with Gasteiger partial charge in [-0.05, 0) is 62.1 Å². The number of nitrogens with one attached hydrogen (secondary N) is 1. The lowest BCUT2D eigenvalue weighted by Gasteiger charge is -2.24. The maximum atomic E-state index is 12.3. The summed E-state index contributed by atoms with van der Waals surface area (Å²) in [6.07, 6.45) is 0.250. The van der Waals surface area contributed by atoms with E-state index in [-0.39, 0.29) is 18.2 Å². The van der Waals surface area contributed by atoms with Crippen molar-refractivity contribution in [3.8, 4) is 0 Å². The Morgan fingerprint density at radius 2 is 1.72 bits per heavy atom. The summed E-state index contributed by atoms with van der Waals surface area (Å²) in [6, 6.07) is 11.8. The number of anilines is 2. The fourth-order valence-electron chi connectivity index (χ4n) is 2.77. The molecule has 0 aromatic heterocycles. The van der Waals surface area contributed by atoms with Crippen LogP contribution in [0.15, 0.2) is 36.4 Å². The van der Waals surface area contributed by atoms with Gasteiger partial charge in [-0.25, -0.2) is 0 Å². The maximum Gasteiger partial charge on any atom is 0.226 e. The van der Waals surface area contributed by atoms with Crippen molar-refractivity contribution in [2.75, 3.05) is 16.8 Å². The monoisotopic (exact) mass is 338 g/mol. The number of hydrogen-bond donors (Lipinski definition) is 1. The van der Waals surface area contributed by atoms with Crippen molar-refractivity contribution in [3.63, 3.8) is 0 Å². The van der Waals surface area contributed by atoms with Gasteiger partial charge in [0.1, 0.15) is 0 Å². The van der Waals surface area contributed by atoms with E-state index in [1.54, 1.807) is 4.90 Å². The molecule has 132 valence electrons. The fraction of sp³-hybridized carbons (Fsp3) is 0.333. The van der Waals surface area contributed by atoms with E-state index in [4.69, 9.17) is 0 Å². The first-order valence-electron chi connectivity index (χ1n) is 8.51. The van der Waals surface area contributed by atoms with Crippen molar-refractivity contribution in [3.05, 3.63) is 58.7 Å². The molecule has 0 heterocycles. The van der Waals surface area contributed by atoms with Gasteiger partial charge in [0.15, 0.2) is 0 Å². The molecule has 0 spiro atoms. The van der Waals surface area contributed by atoms with E-state index in [1.807, 2.05) is 64.1 Å². The highest BCUT2D eigenvalue weighted by Gasteiger charge is 2.16. The van der Waals surface area contributed by atoms with Crippen molar-refractivity contribution < 1.29 is 9.59 Å². The summed E-state index contributed by atoms with van der Waals surface area (Å²) in [5.74, 6) is -0.154. The number of carbonyl (C=O) groups excluding carboxylic acids is 2. The number of amides is 2. The van der Waals surface area contributed by atoms with Gasteiger partial charge in [0, 0.05) is 31.3 Å². The van der Waals surface area contributed by atoms with E-state index in [2.05, 4.69) is 5.32 Å². The van der Waals surface area contributed by atoms with Gasteiger partial charge < -0.3 is 10.2 Å². The lowest BCUT2D eigenvalue weighted by molar-refractivity contribution is -0.117. The summed E-state index contributed by atoms with van der Waals surface area (Å²) in [6.45, 7) is 9.86. The molecular formula is C21H26N2O2. The number of benzene rings is 2. The van der Waals surface area contributed by atoms with E-state index >= 15 is 0 Å². The van der Waals surface area contributed by atoms with Crippen LogP contribution in [0.5, 0.6) is 0 Å². The Labute approximate surface area is 149 Å². The third kappa shape index (κ3) is 4.69. The molecule has 25 heavy (non-hydrogen) atoms. The summed E-state index contributed by atoms with van der Waals surface area (Å²) < 4.78 is 0. The van der Waals surface area contributed by atoms with Crippen LogP contribution in [0.1, 0.15) is 35.6 Å². The van der Waals surface area contributed by atoms with Gasteiger partial charge in [0.05, 0.1) is 0 Å². The molecule has 2 aromatic rings. The van der Waals surface area contributed by atoms with Crippen LogP contribution < -0.4 is 10.2 Å². The fourth-order valence-corrected chi connectivity index (χ4v) is 2.77. The third-order valence-electron chi connectivity index (χ3n) is 4.48. The van der Waals surface area contributed by atoms with E-state index in [9.17, 15) is 9.59 Å². The molecular weight excluding hydrogens is 312 g/mol. The second-order valence-electron chi connectivity index (χ2n) is 6.51. The highest BCUT2D eigenvalue weighted by atomic mass is 16.2. The minimum Gasteiger partial charge on any atom is -0.326 e. The molecule has 1 N–H and O–H groups in total. The summed E-state index contributed by atoms with van der Waals surface area (Å²) in [4.78, 5) is 26.1. The van der Waals surface area contributed by atoms with Crippen molar-refractivity contribution in [2.45, 2.75) is 41.0 Å². The van der Waals surface area contributed by atoms with Crippen LogP contribution >= 0.6 is 0 Å². The quantitative estimate of drug-likeness (QED) is 0.883. The number of aryl methyl sites for hydroxylation is 3. The van der Waals surface area contributed by atoms with E-state index < -0.39 is 0 Å². The average molecular weight is 338 g/mol. The first-order valence-corrected chi connectivity index (χ1v) is 8.51. The Bertz CT molecular complexity index is 796. The molecule has 2 aromatic carbocycles. The summed E-state index contributed by atoms with van der Waals surface area (Å²) >= 11 is 0. The number of carbonyl (C=O) groups is 2. The predicted octanol–water partition coefficient (Wildman–Crippen LogP) is 4.30. The van der Waals surface area contributed by atoms with Crippen LogP contribution in [0.4, 0.5) is 11.4 Å². The smallest absolute Gasteiger partial charge is 0.226 e. The second kappa shape index (κ2) is 7.97. The van der Waals surface area contributed by atoms with E-state index in [1.165, 1.54) is 6.92 Å². The molecule has 0 unspecified atom stereocenters. The van der Waals surface area contributed by atoms with E-state index in [0.29, 0.717) is 6.54 Å². The highest BCUT2D eigenvalue weighted by Crippen LogP contribution is 2.23. The number of nitrogens with zero attached hydrogens (tertiary/aromatic N) is 1. The number of hydrogen-bond acceptors (Lipinski definition) is 2. The third-order valence-corrected chi connectivity index (χ3v) is 4.48. The number of rotatable bonds is 5. The molecule has 0 bridgehead atoms. The predicted molar refractivity (Wildman–Crippen MR) is 103 cm³/mol. The molecule has 4 nitrogen and oxygen atoms in total. The van der Waals surface area contributed by atoms with Crippen LogP contribution in [0.2, 0.25) is 0 Å². The van der Waals surface area contributed by atoms with Crippen LogP contribution in [-0.4, -0.2) is 18.4 Å². The van der Waals surface area contributed by atoms with Crippen LogP contribution in [0.25, 0.3) is 0 Å². The van der Waals surface area contributed by atoms with Gasteiger partial charge >= 0.3 is 0 Å². The topological polar surface area (TPSA) is 49.4 Å². The SMILES string of the molecule is CC(=O)N(CCC(=O)Nc1cc(C)ccc1C)c1cccc(C)c1C. The summed E-state index contributed by atoms with van der Waals surface area (Å²) in [5, 5.41) is 2.95. The van der Waals surface area contributed by atoms with Gasteiger partial charge in [0.25, 0.3) is 0 Å². The summed E-state index contributed by atoms with van der Waals surface area (Å²) in [7, 11) is 0. The molecule has 0 aliphatic carbocycles. The second-order valence-corrected chi connectivity index (χ2v) is 6.51. The average Bonchev–Trinajstić information content (AvgIpc) is 2.54. The van der Waals surface area contributed by atoms with Crippen LogP contribution in [0.3, 0.4) is 0 Å². The van der Waals surface area contributed by atoms with E-state index in [0.717, 1.165) is 33.6 Å². The minimum absolute atomic E-state index is 0.0618. The normalized spacial score (nSPS) is 10.4. The zero-order valence-electron chi connectivity index (χ0n) is 15.6. The molecule has 0 saturated heterocycles. The molecule has 0 saturated carbocycles. The molecule has 0 atom stereocenters. The highest BCUT2D eigenvalue weighted by molar-refractivity contribution is 5.95. The first-order chi connectivity index (χ1) is 11.8. The van der Waals surface area contributed by atoms with Crippen molar-refractivity contribution in [2.24, 2.45) is 0 Å². The minimum atomic E-state index is -0.0924. The largest absolute Gasteiger partial charge is 0.326 e. The van der Waals surface area contributed by atoms with Gasteiger partial charge in [0.2, 0.25) is 11.8 Å². The molecule has 2 amide bonds. The van der Waals surface area contributed by atoms with Crippen molar-refractivity contribution in [1.82, 2.24) is 0 Å². The molecule has 2 rings (SSSR count). The maximum absolute atomic E-state index is 12.3. The zero-order chi connectivity index (χ0) is 18.6. The summed E-state index contributed by atoms with van der Waals surface area (Å²) in [5.41, 5.74) is 6.01. The molecule has 4 heteroatoms. The van der Waals surface area contributed by atoms with Crippen LogP contribution in [-0.2, 0) is 9.59 Å². The Hall–Kier alpha value is -2.62. The standard InChI is InChI=1S/C21H26N2O2/c1-14-9-10-16(3)19(13-14)22-21(25)11-12-23(18(5)24)20-8-6-7-15(2)17(20)4/h6-10,13H,11-12H2,1-5H3,(H,22,25). The first kappa shape index (κ1) is 18.7. The Morgan fingerprint density at radius 1 is 1.00 bits per heavy atom. The molecule has 0 fully saturated rings. The molecule has 0 radical (unpaired) electrons. The lowest BCUT2D eigenvalue weighted by atomic mass is 10.1. The van der Waals surface area contributed by atoms with Crippen molar-refractivity contribution >= 4 is 23.2 Å². The van der Waals surface area contributed by atoms with Gasteiger partial charge in [-0.2, -0.15) is 0 Å². The van der Waals surface area contributed by atoms with Gasteiger partial charge in [-0.3, -0.25) is 9.59 Å². The Morgan fingerprint density at radius 3 is 2.40 bits per heavy atom. The molecule has 0 aliphatic heterocycles. The Balaban J connectivity index is 2.08. The van der Waals surface area contributed by atoms with Gasteiger partial charge in [-0.1, -0.05) is 24.3 Å². The van der Waals surface area contributed by atoms with Crippen molar-refractivity contribution in [1.29, 1.82) is 0 Å². The molecule has 0 aliphatic rings. The lowest BCUT2D eigenvalue weighted by Crippen LogP contribution is -2.32. The van der Waals surface area contributed by atoms with Gasteiger partial charge in [-0.15, -0.1) is 0 Å².